The summed E-state index contributed by atoms with van der Waals surface area (Å²) < 4.78 is 45.4. The predicted molar refractivity (Wildman–Crippen MR) is 90.1 cm³/mol. The van der Waals surface area contributed by atoms with Crippen LogP contribution in [0.4, 0.5) is 24.8 Å². The average Bonchev–Trinajstić information content (AvgIpc) is 2.98. The third-order valence-corrected chi connectivity index (χ3v) is 4.67. The summed E-state index contributed by atoms with van der Waals surface area (Å²) in [4.78, 5) is 7.85. The molecular formula is C17H22F3N5O. The van der Waals surface area contributed by atoms with Crippen LogP contribution in [0.2, 0.25) is 0 Å². The standard InChI is InChI=1S/C17H22F3N5O/c1-10-3-5-12(6-4-10)9-26-15-13(18)7-21-17(23-15)22-14-8-25(16(19)20)24-11(14)2/h7-8,10,12,16H,3-6,9H2,1-2H3,(H,21,22,23). The van der Waals surface area contributed by atoms with Gasteiger partial charge in [0.1, 0.15) is 0 Å². The normalized spacial score (nSPS) is 20.4. The van der Waals surface area contributed by atoms with E-state index in [0.717, 1.165) is 44.0 Å². The van der Waals surface area contributed by atoms with E-state index in [1.807, 2.05) is 0 Å². The molecule has 142 valence electrons. The predicted octanol–water partition coefficient (Wildman–Crippen LogP) is 4.46. The van der Waals surface area contributed by atoms with Crippen LogP contribution in [0.3, 0.4) is 0 Å². The van der Waals surface area contributed by atoms with E-state index in [4.69, 9.17) is 4.74 Å². The van der Waals surface area contributed by atoms with Gasteiger partial charge in [-0.05, 0) is 31.6 Å². The summed E-state index contributed by atoms with van der Waals surface area (Å²) in [5.41, 5.74) is 0.682. The molecule has 0 atom stereocenters. The second-order valence-electron chi connectivity index (χ2n) is 6.79. The van der Waals surface area contributed by atoms with E-state index in [1.165, 1.54) is 0 Å². The van der Waals surface area contributed by atoms with E-state index < -0.39 is 12.4 Å². The van der Waals surface area contributed by atoms with Crippen molar-refractivity contribution in [1.29, 1.82) is 0 Å². The Kier molecular flexibility index (Phi) is 5.63. The molecule has 1 fully saturated rings. The van der Waals surface area contributed by atoms with Gasteiger partial charge in [0.2, 0.25) is 11.8 Å². The molecule has 1 aliphatic carbocycles. The highest BCUT2D eigenvalue weighted by Crippen LogP contribution is 2.29. The second-order valence-corrected chi connectivity index (χ2v) is 6.79. The van der Waals surface area contributed by atoms with Crippen molar-refractivity contribution in [2.45, 2.75) is 46.1 Å². The molecule has 0 amide bonds. The highest BCUT2D eigenvalue weighted by molar-refractivity contribution is 5.55. The molecule has 1 aliphatic rings. The molecule has 9 heteroatoms. The number of hydrogen-bond donors (Lipinski definition) is 1. The number of alkyl halides is 2. The van der Waals surface area contributed by atoms with Crippen LogP contribution in [-0.4, -0.2) is 26.4 Å². The summed E-state index contributed by atoms with van der Waals surface area (Å²) in [5.74, 6) is 0.397. The van der Waals surface area contributed by atoms with Crippen molar-refractivity contribution >= 4 is 11.6 Å². The first-order chi connectivity index (χ1) is 12.4. The first-order valence-electron chi connectivity index (χ1n) is 8.68. The van der Waals surface area contributed by atoms with E-state index in [9.17, 15) is 13.2 Å². The molecule has 0 bridgehead atoms. The number of anilines is 2. The fourth-order valence-electron chi connectivity index (χ4n) is 3.03. The van der Waals surface area contributed by atoms with Gasteiger partial charge in [0.25, 0.3) is 5.88 Å². The molecule has 2 aromatic rings. The zero-order valence-corrected chi connectivity index (χ0v) is 14.8. The molecule has 26 heavy (non-hydrogen) atoms. The molecule has 0 saturated heterocycles. The fourth-order valence-corrected chi connectivity index (χ4v) is 3.03. The molecule has 0 radical (unpaired) electrons. The Morgan fingerprint density at radius 3 is 2.69 bits per heavy atom. The van der Waals surface area contributed by atoms with Gasteiger partial charge in [0.15, 0.2) is 0 Å². The van der Waals surface area contributed by atoms with Gasteiger partial charge in [0.05, 0.1) is 30.4 Å². The van der Waals surface area contributed by atoms with Crippen molar-refractivity contribution in [2.75, 3.05) is 11.9 Å². The number of aryl methyl sites for hydroxylation is 1. The Bertz CT molecular complexity index is 744. The van der Waals surface area contributed by atoms with Gasteiger partial charge in [0, 0.05) is 0 Å². The lowest BCUT2D eigenvalue weighted by Gasteiger charge is -2.25. The minimum absolute atomic E-state index is 0.0654. The van der Waals surface area contributed by atoms with Crippen LogP contribution in [0.5, 0.6) is 5.88 Å². The van der Waals surface area contributed by atoms with E-state index in [1.54, 1.807) is 6.92 Å². The summed E-state index contributed by atoms with van der Waals surface area (Å²) >= 11 is 0. The number of nitrogens with zero attached hydrogens (tertiary/aromatic N) is 4. The molecule has 6 nitrogen and oxygen atoms in total. The third kappa shape index (κ3) is 4.44. The highest BCUT2D eigenvalue weighted by Gasteiger charge is 2.20. The molecule has 1 saturated carbocycles. The van der Waals surface area contributed by atoms with Gasteiger partial charge >= 0.3 is 6.55 Å². The molecular weight excluding hydrogens is 347 g/mol. The maximum atomic E-state index is 13.9. The van der Waals surface area contributed by atoms with Crippen molar-refractivity contribution in [1.82, 2.24) is 19.7 Å². The minimum Gasteiger partial charge on any atom is -0.475 e. The van der Waals surface area contributed by atoms with Gasteiger partial charge in [-0.1, -0.05) is 19.8 Å². The Morgan fingerprint density at radius 1 is 1.31 bits per heavy atom. The van der Waals surface area contributed by atoms with Crippen molar-refractivity contribution in [3.8, 4) is 5.88 Å². The monoisotopic (exact) mass is 369 g/mol. The van der Waals surface area contributed by atoms with Gasteiger partial charge < -0.3 is 10.1 Å². The summed E-state index contributed by atoms with van der Waals surface area (Å²) in [5, 5.41) is 6.47. The van der Waals surface area contributed by atoms with Crippen molar-refractivity contribution in [3.05, 3.63) is 23.9 Å². The van der Waals surface area contributed by atoms with Gasteiger partial charge in [-0.2, -0.15) is 23.3 Å². The van der Waals surface area contributed by atoms with Crippen LogP contribution in [0, 0.1) is 24.6 Å². The number of hydrogen-bond acceptors (Lipinski definition) is 5. The topological polar surface area (TPSA) is 64.9 Å². The Hall–Kier alpha value is -2.32. The van der Waals surface area contributed by atoms with Crippen LogP contribution in [0.1, 0.15) is 44.9 Å². The van der Waals surface area contributed by atoms with Crippen LogP contribution in [0.15, 0.2) is 12.4 Å². The number of halogens is 3. The summed E-state index contributed by atoms with van der Waals surface area (Å²) in [6, 6.07) is 0. The van der Waals surface area contributed by atoms with E-state index in [-0.39, 0.29) is 11.8 Å². The smallest absolute Gasteiger partial charge is 0.333 e. The van der Waals surface area contributed by atoms with Crippen LogP contribution in [0.25, 0.3) is 0 Å². The number of rotatable bonds is 6. The largest absolute Gasteiger partial charge is 0.475 e. The second kappa shape index (κ2) is 7.92. The quantitative estimate of drug-likeness (QED) is 0.814. The Labute approximate surface area is 149 Å². The third-order valence-electron chi connectivity index (χ3n) is 4.67. The lowest BCUT2D eigenvalue weighted by Crippen LogP contribution is -2.19. The molecule has 1 N–H and O–H groups in total. The van der Waals surface area contributed by atoms with E-state index in [0.29, 0.717) is 28.6 Å². The van der Waals surface area contributed by atoms with Gasteiger partial charge in [-0.15, -0.1) is 0 Å². The minimum atomic E-state index is -2.74. The molecule has 0 unspecified atom stereocenters. The Balaban J connectivity index is 1.65. The number of ether oxygens (including phenoxy) is 1. The highest BCUT2D eigenvalue weighted by atomic mass is 19.3. The lowest BCUT2D eigenvalue weighted by molar-refractivity contribution is 0.0563. The van der Waals surface area contributed by atoms with E-state index >= 15 is 0 Å². The molecule has 2 heterocycles. The number of aromatic nitrogens is 4. The first kappa shape index (κ1) is 18.5. The van der Waals surface area contributed by atoms with E-state index in [2.05, 4.69) is 27.3 Å². The zero-order chi connectivity index (χ0) is 18.7. The molecule has 3 rings (SSSR count). The zero-order valence-electron chi connectivity index (χ0n) is 14.8. The summed E-state index contributed by atoms with van der Waals surface area (Å²) in [6.07, 6.45) is 6.58. The van der Waals surface area contributed by atoms with Crippen molar-refractivity contribution in [3.63, 3.8) is 0 Å². The van der Waals surface area contributed by atoms with Crippen molar-refractivity contribution < 1.29 is 17.9 Å². The van der Waals surface area contributed by atoms with Crippen LogP contribution < -0.4 is 10.1 Å². The number of nitrogens with one attached hydrogen (secondary N) is 1. The SMILES string of the molecule is Cc1nn(C(F)F)cc1Nc1ncc(F)c(OCC2CCC(C)CC2)n1. The fraction of sp³-hybridized carbons (Fsp3) is 0.588. The summed E-state index contributed by atoms with van der Waals surface area (Å²) in [6.45, 7) is 1.47. The first-order valence-corrected chi connectivity index (χ1v) is 8.68. The maximum absolute atomic E-state index is 13.9. The molecule has 0 spiro atoms. The molecule has 0 aromatic carbocycles. The average molecular weight is 369 g/mol. The maximum Gasteiger partial charge on any atom is 0.333 e. The van der Waals surface area contributed by atoms with Gasteiger partial charge in [-0.25, -0.2) is 9.67 Å². The van der Waals surface area contributed by atoms with Crippen LogP contribution in [-0.2, 0) is 0 Å². The van der Waals surface area contributed by atoms with Crippen LogP contribution >= 0.6 is 0 Å². The molecule has 2 aromatic heterocycles. The Morgan fingerprint density at radius 2 is 2.04 bits per heavy atom. The lowest BCUT2D eigenvalue weighted by atomic mass is 9.83. The van der Waals surface area contributed by atoms with Gasteiger partial charge in [-0.3, -0.25) is 0 Å². The molecule has 0 aliphatic heterocycles. The summed E-state index contributed by atoms with van der Waals surface area (Å²) in [7, 11) is 0. The van der Waals surface area contributed by atoms with Crippen molar-refractivity contribution in [2.24, 2.45) is 11.8 Å².